The highest BCUT2D eigenvalue weighted by molar-refractivity contribution is 6.27. The van der Waals surface area contributed by atoms with Gasteiger partial charge in [-0.25, -0.2) is 9.48 Å². The summed E-state index contributed by atoms with van der Waals surface area (Å²) in [6.07, 6.45) is 1.55. The molecular weight excluding hydrogens is 409 g/mol. The van der Waals surface area contributed by atoms with E-state index in [0.717, 1.165) is 25.9 Å². The van der Waals surface area contributed by atoms with Crippen LogP contribution in [0.1, 0.15) is 24.6 Å². The molecule has 0 bridgehead atoms. The second-order valence-electron chi connectivity index (χ2n) is 6.46. The number of aryl methyl sites for hydroxylation is 1. The third-order valence-electron chi connectivity index (χ3n) is 4.85. The van der Waals surface area contributed by atoms with Crippen molar-refractivity contribution in [3.8, 4) is 0 Å². The largest absolute Gasteiger partial charge is 0.467 e. The van der Waals surface area contributed by atoms with Crippen molar-refractivity contribution in [2.24, 2.45) is 18.7 Å². The molecule has 0 spiro atoms. The summed E-state index contributed by atoms with van der Waals surface area (Å²) in [5.74, 6) is -1.32. The molecule has 3 N–H and O–H groups in total. The Kier molecular flexibility index (Phi) is 9.88. The topological polar surface area (TPSA) is 120 Å². The predicted octanol–water partition coefficient (Wildman–Crippen LogP) is -0.189. The number of nitrogens with one attached hydrogen (secondary N) is 1. The molecule has 2 atom stereocenters. The summed E-state index contributed by atoms with van der Waals surface area (Å²) in [5, 5.41) is 7.62. The molecule has 0 saturated carbocycles. The van der Waals surface area contributed by atoms with E-state index >= 15 is 0 Å². The number of aromatic nitrogens is 2. The summed E-state index contributed by atoms with van der Waals surface area (Å²) >= 11 is 5.85. The van der Waals surface area contributed by atoms with Gasteiger partial charge in [-0.2, -0.15) is 5.10 Å². The minimum Gasteiger partial charge on any atom is -0.467 e. The van der Waals surface area contributed by atoms with E-state index in [0.29, 0.717) is 5.69 Å². The Bertz CT molecular complexity index is 724. The number of halogens is 2. The summed E-state index contributed by atoms with van der Waals surface area (Å²) in [5.41, 5.74) is 6.07. The van der Waals surface area contributed by atoms with Crippen LogP contribution < -0.4 is 16.6 Å². The minimum absolute atomic E-state index is 0. The van der Waals surface area contributed by atoms with Crippen molar-refractivity contribution in [1.29, 1.82) is 0 Å². The number of piperidine rings is 1. The Morgan fingerprint density at radius 3 is 2.57 bits per heavy atom. The maximum atomic E-state index is 12.8. The van der Waals surface area contributed by atoms with E-state index in [2.05, 4.69) is 10.4 Å². The second-order valence-corrected chi connectivity index (χ2v) is 6.73. The molecule has 1 amide bonds. The maximum Gasteiger partial charge on any atom is 0.329 e. The average molecular weight is 436 g/mol. The van der Waals surface area contributed by atoms with Crippen LogP contribution in [-0.2, 0) is 21.4 Å². The highest BCUT2D eigenvalue weighted by Crippen LogP contribution is 2.34. The van der Waals surface area contributed by atoms with Crippen molar-refractivity contribution >= 4 is 35.9 Å². The number of hydrogen-bond acceptors (Lipinski definition) is 7. The number of ether oxygens (including phenoxy) is 1. The molecule has 0 aromatic carbocycles. The molecule has 2 heterocycles. The zero-order valence-corrected chi connectivity index (χ0v) is 17.5. The lowest BCUT2D eigenvalue weighted by Crippen LogP contribution is -2.54. The lowest BCUT2D eigenvalue weighted by atomic mass is 9.86. The van der Waals surface area contributed by atoms with Gasteiger partial charge in [0.15, 0.2) is 0 Å². The standard InChI is InChI=1S/C17H26ClN5O4.ClH/c1-22-14(24)4-3-12(21-22)16(11-5-7-20-8-6-11)23(15(25)9-18)13(10-19)17(26)27-2;/h3-4,11,13,16,20H,5-10,19H2,1-2H3;1H/t13-,16?;/m1./s1. The van der Waals surface area contributed by atoms with Crippen molar-refractivity contribution in [2.75, 3.05) is 32.6 Å². The normalized spacial score (nSPS) is 16.6. The minimum atomic E-state index is -0.986. The first-order chi connectivity index (χ1) is 12.9. The van der Waals surface area contributed by atoms with E-state index in [9.17, 15) is 14.4 Å². The Labute approximate surface area is 174 Å². The van der Waals surface area contributed by atoms with Crippen LogP contribution in [0.4, 0.5) is 0 Å². The van der Waals surface area contributed by atoms with E-state index in [4.69, 9.17) is 22.1 Å². The number of carbonyl (C=O) groups excluding carboxylic acids is 2. The fourth-order valence-corrected chi connectivity index (χ4v) is 3.64. The molecule has 0 radical (unpaired) electrons. The number of nitrogens with two attached hydrogens (primary N) is 1. The third-order valence-corrected chi connectivity index (χ3v) is 5.08. The lowest BCUT2D eigenvalue weighted by molar-refractivity contribution is -0.155. The number of carbonyl (C=O) groups is 2. The highest BCUT2D eigenvalue weighted by atomic mass is 35.5. The molecule has 158 valence electrons. The molecule has 1 aromatic rings. The summed E-state index contributed by atoms with van der Waals surface area (Å²) in [4.78, 5) is 38.2. The van der Waals surface area contributed by atoms with Gasteiger partial charge in [-0.05, 0) is 37.9 Å². The molecule has 2 rings (SSSR count). The van der Waals surface area contributed by atoms with Crippen LogP contribution in [0.15, 0.2) is 16.9 Å². The number of alkyl halides is 1. The van der Waals surface area contributed by atoms with Crippen LogP contribution in [-0.4, -0.2) is 65.2 Å². The van der Waals surface area contributed by atoms with E-state index in [-0.39, 0.29) is 36.3 Å². The first-order valence-corrected chi connectivity index (χ1v) is 9.38. The predicted molar refractivity (Wildman–Crippen MR) is 107 cm³/mol. The Morgan fingerprint density at radius 1 is 1.43 bits per heavy atom. The van der Waals surface area contributed by atoms with E-state index < -0.39 is 24.0 Å². The van der Waals surface area contributed by atoms with Crippen molar-refractivity contribution in [2.45, 2.75) is 24.9 Å². The van der Waals surface area contributed by atoms with Crippen molar-refractivity contribution < 1.29 is 14.3 Å². The molecule has 1 aliphatic heterocycles. The number of amides is 1. The van der Waals surface area contributed by atoms with Gasteiger partial charge in [0.2, 0.25) is 5.91 Å². The van der Waals surface area contributed by atoms with E-state index in [1.54, 1.807) is 13.1 Å². The molecular formula is C17H27Cl2N5O4. The number of hydrogen-bond donors (Lipinski definition) is 2. The Hall–Kier alpha value is -1.68. The number of esters is 1. The van der Waals surface area contributed by atoms with Crippen molar-refractivity contribution in [3.05, 3.63) is 28.2 Å². The molecule has 1 aliphatic rings. The zero-order chi connectivity index (χ0) is 20.0. The van der Waals surface area contributed by atoms with Gasteiger partial charge in [0.05, 0.1) is 18.8 Å². The summed E-state index contributed by atoms with van der Waals surface area (Å²) in [6, 6.07) is 1.46. The number of rotatable bonds is 7. The lowest BCUT2D eigenvalue weighted by Gasteiger charge is -2.41. The van der Waals surface area contributed by atoms with Gasteiger partial charge in [0, 0.05) is 19.7 Å². The van der Waals surface area contributed by atoms with Crippen LogP contribution >= 0.6 is 24.0 Å². The van der Waals surface area contributed by atoms with Crippen LogP contribution in [0.2, 0.25) is 0 Å². The number of nitrogens with zero attached hydrogens (tertiary/aromatic N) is 3. The Morgan fingerprint density at radius 2 is 2.07 bits per heavy atom. The maximum absolute atomic E-state index is 12.8. The van der Waals surface area contributed by atoms with Gasteiger partial charge in [-0.3, -0.25) is 9.59 Å². The van der Waals surface area contributed by atoms with E-state index in [1.165, 1.54) is 22.8 Å². The van der Waals surface area contributed by atoms with Crippen LogP contribution in [0, 0.1) is 5.92 Å². The van der Waals surface area contributed by atoms with Crippen molar-refractivity contribution in [3.63, 3.8) is 0 Å². The van der Waals surface area contributed by atoms with E-state index in [1.807, 2.05) is 0 Å². The molecule has 1 unspecified atom stereocenters. The highest BCUT2D eigenvalue weighted by Gasteiger charge is 2.40. The monoisotopic (exact) mass is 435 g/mol. The van der Waals surface area contributed by atoms with Crippen LogP contribution in [0.25, 0.3) is 0 Å². The van der Waals surface area contributed by atoms with Gasteiger partial charge in [-0.15, -0.1) is 24.0 Å². The molecule has 1 aromatic heterocycles. The SMILES string of the molecule is COC(=O)[C@@H](CN)N(C(=O)CCl)C(c1ccc(=O)n(C)n1)C1CCNCC1.Cl. The van der Waals surface area contributed by atoms with Gasteiger partial charge in [-0.1, -0.05) is 0 Å². The third kappa shape index (κ3) is 5.44. The van der Waals surface area contributed by atoms with Crippen molar-refractivity contribution in [1.82, 2.24) is 20.0 Å². The molecule has 0 aliphatic carbocycles. The summed E-state index contributed by atoms with van der Waals surface area (Å²) < 4.78 is 6.06. The quantitative estimate of drug-likeness (QED) is 0.449. The molecule has 1 saturated heterocycles. The van der Waals surface area contributed by atoms with Crippen LogP contribution in [0.3, 0.4) is 0 Å². The second kappa shape index (κ2) is 11.4. The molecule has 9 nitrogen and oxygen atoms in total. The summed E-state index contributed by atoms with van der Waals surface area (Å²) in [6.45, 7) is 1.45. The fourth-order valence-electron chi connectivity index (χ4n) is 3.50. The van der Waals surface area contributed by atoms with Gasteiger partial charge in [0.25, 0.3) is 5.56 Å². The average Bonchev–Trinajstić information content (AvgIpc) is 2.70. The molecule has 11 heteroatoms. The smallest absolute Gasteiger partial charge is 0.329 e. The molecule has 28 heavy (non-hydrogen) atoms. The zero-order valence-electron chi connectivity index (χ0n) is 16.0. The summed E-state index contributed by atoms with van der Waals surface area (Å²) in [7, 11) is 2.79. The molecule has 1 fully saturated rings. The van der Waals surface area contributed by atoms with Gasteiger partial charge in [0.1, 0.15) is 11.9 Å². The van der Waals surface area contributed by atoms with Crippen LogP contribution in [0.5, 0.6) is 0 Å². The fraction of sp³-hybridized carbons (Fsp3) is 0.647. The Balaban J connectivity index is 0.00000392. The first-order valence-electron chi connectivity index (χ1n) is 8.84. The van der Waals surface area contributed by atoms with Gasteiger partial charge >= 0.3 is 5.97 Å². The van der Waals surface area contributed by atoms with Gasteiger partial charge < -0.3 is 20.7 Å². The number of methoxy groups -OCH3 is 1. The first kappa shape index (κ1) is 24.4.